The van der Waals surface area contributed by atoms with Gasteiger partial charge in [0.25, 0.3) is 5.91 Å². The number of para-hydroxylation sites is 1. The van der Waals surface area contributed by atoms with Crippen LogP contribution in [0.5, 0.6) is 17.2 Å². The molecule has 0 fully saturated rings. The zero-order valence-corrected chi connectivity index (χ0v) is 20.1. The van der Waals surface area contributed by atoms with Crippen molar-refractivity contribution >= 4 is 34.4 Å². The lowest BCUT2D eigenvalue weighted by molar-refractivity contribution is -0.142. The molecule has 36 heavy (non-hydrogen) atoms. The fourth-order valence-corrected chi connectivity index (χ4v) is 4.54. The molecule has 3 aromatic carbocycles. The van der Waals surface area contributed by atoms with Crippen LogP contribution in [-0.2, 0) is 17.8 Å². The van der Waals surface area contributed by atoms with Crippen LogP contribution in [0.1, 0.15) is 21.5 Å². The fourth-order valence-electron chi connectivity index (χ4n) is 4.33. The average Bonchev–Trinajstić information content (AvgIpc) is 3.52. The Morgan fingerprint density at radius 3 is 2.53 bits per heavy atom. The molecule has 1 aliphatic heterocycles. The number of aromatic amines is 1. The molecule has 0 spiro atoms. The van der Waals surface area contributed by atoms with Crippen LogP contribution in [0.15, 0.2) is 66.9 Å². The number of aliphatic carboxylic acids is 1. The minimum atomic E-state index is -1.17. The zero-order valence-electron chi connectivity index (χ0n) is 19.4. The van der Waals surface area contributed by atoms with Crippen molar-refractivity contribution in [2.24, 2.45) is 0 Å². The number of rotatable bonds is 8. The lowest BCUT2D eigenvalue weighted by Crippen LogP contribution is -2.46. The maximum Gasteiger partial charge on any atom is 0.326 e. The van der Waals surface area contributed by atoms with Gasteiger partial charge in [0.1, 0.15) is 11.8 Å². The molecule has 1 aromatic heterocycles. The monoisotopic (exact) mass is 506 g/mol. The molecule has 0 unspecified atom stereocenters. The summed E-state index contributed by atoms with van der Waals surface area (Å²) < 4.78 is 16.0. The number of carbonyl (C=O) groups excluding carboxylic acids is 1. The lowest BCUT2D eigenvalue weighted by atomic mass is 10.0. The van der Waals surface area contributed by atoms with Gasteiger partial charge in [-0.1, -0.05) is 29.8 Å². The van der Waals surface area contributed by atoms with E-state index >= 15 is 0 Å². The van der Waals surface area contributed by atoms with Crippen LogP contribution >= 0.6 is 11.6 Å². The molecular weight excluding hydrogens is 484 g/mol. The molecule has 4 aromatic rings. The highest BCUT2D eigenvalue weighted by molar-refractivity contribution is 6.31. The number of fused-ring (bicyclic) bond motifs is 2. The minimum Gasteiger partial charge on any atom is -0.497 e. The summed E-state index contributed by atoms with van der Waals surface area (Å²) in [5.41, 5.74) is 2.57. The Bertz CT molecular complexity index is 1430. The molecule has 8 nitrogen and oxygen atoms in total. The number of hydrogen-bond donors (Lipinski definition) is 2. The Balaban J connectivity index is 1.54. The number of halogens is 1. The topological polar surface area (TPSA) is 101 Å². The number of carboxylic acid groups (broad SMARTS) is 1. The second-order valence-corrected chi connectivity index (χ2v) is 8.78. The number of benzene rings is 3. The Morgan fingerprint density at radius 2 is 1.81 bits per heavy atom. The quantitative estimate of drug-likeness (QED) is 0.352. The van der Waals surface area contributed by atoms with E-state index in [4.69, 9.17) is 25.8 Å². The second-order valence-electron chi connectivity index (χ2n) is 8.38. The number of aromatic nitrogens is 1. The van der Waals surface area contributed by atoms with E-state index in [2.05, 4.69) is 4.98 Å². The number of hydrogen-bond acceptors (Lipinski definition) is 5. The summed E-state index contributed by atoms with van der Waals surface area (Å²) in [4.78, 5) is 30.8. The smallest absolute Gasteiger partial charge is 0.326 e. The number of nitrogens with one attached hydrogen (secondary N) is 1. The number of carboxylic acids is 1. The first-order valence-electron chi connectivity index (χ1n) is 11.3. The van der Waals surface area contributed by atoms with Crippen molar-refractivity contribution in [2.45, 2.75) is 19.0 Å². The molecule has 0 bridgehead atoms. The summed E-state index contributed by atoms with van der Waals surface area (Å²) in [6, 6.07) is 16.3. The van der Waals surface area contributed by atoms with Gasteiger partial charge in [-0.2, -0.15) is 0 Å². The van der Waals surface area contributed by atoms with E-state index in [1.165, 1.54) is 12.0 Å². The van der Waals surface area contributed by atoms with Gasteiger partial charge in [-0.3, -0.25) is 4.79 Å². The lowest BCUT2D eigenvalue weighted by Gasteiger charge is -2.30. The van der Waals surface area contributed by atoms with Gasteiger partial charge in [-0.15, -0.1) is 0 Å². The molecule has 5 rings (SSSR count). The van der Waals surface area contributed by atoms with Crippen molar-refractivity contribution in [3.8, 4) is 17.2 Å². The van der Waals surface area contributed by atoms with Crippen LogP contribution in [-0.4, -0.2) is 46.8 Å². The summed E-state index contributed by atoms with van der Waals surface area (Å²) in [6.07, 6.45) is 1.88. The van der Waals surface area contributed by atoms with Crippen LogP contribution in [0.3, 0.4) is 0 Å². The third-order valence-corrected chi connectivity index (χ3v) is 6.58. The van der Waals surface area contributed by atoms with Crippen LogP contribution in [0.25, 0.3) is 10.9 Å². The molecule has 1 aliphatic rings. The number of ether oxygens (including phenoxy) is 3. The van der Waals surface area contributed by atoms with Gasteiger partial charge in [0, 0.05) is 46.7 Å². The van der Waals surface area contributed by atoms with Crippen molar-refractivity contribution < 1.29 is 28.9 Å². The van der Waals surface area contributed by atoms with Gasteiger partial charge in [-0.25, -0.2) is 4.79 Å². The van der Waals surface area contributed by atoms with Crippen molar-refractivity contribution in [1.29, 1.82) is 0 Å². The number of nitrogens with zero attached hydrogens (tertiary/aromatic N) is 1. The van der Waals surface area contributed by atoms with Gasteiger partial charge in [0.2, 0.25) is 6.79 Å². The number of carbonyl (C=O) groups is 2. The average molecular weight is 507 g/mol. The molecule has 1 atom stereocenters. The van der Waals surface area contributed by atoms with Gasteiger partial charge < -0.3 is 29.2 Å². The first-order valence-corrected chi connectivity index (χ1v) is 11.6. The third-order valence-electron chi connectivity index (χ3n) is 6.23. The summed E-state index contributed by atoms with van der Waals surface area (Å²) in [5.74, 6) is 0.0169. The third kappa shape index (κ3) is 4.55. The molecule has 2 heterocycles. The summed E-state index contributed by atoms with van der Waals surface area (Å²) in [6.45, 7) is 0.0293. The molecule has 0 saturated carbocycles. The Hall–Kier alpha value is -4.17. The number of H-pyrrole nitrogens is 1. The van der Waals surface area contributed by atoms with E-state index < -0.39 is 17.9 Å². The van der Waals surface area contributed by atoms with E-state index in [1.807, 2.05) is 24.3 Å². The van der Waals surface area contributed by atoms with Gasteiger partial charge in [0.15, 0.2) is 11.5 Å². The highest BCUT2D eigenvalue weighted by atomic mass is 35.5. The Labute approximate surface area is 212 Å². The zero-order chi connectivity index (χ0) is 25.2. The first-order chi connectivity index (χ1) is 17.4. The number of methoxy groups -OCH3 is 1. The maximum atomic E-state index is 13.7. The van der Waals surface area contributed by atoms with Crippen molar-refractivity contribution in [2.75, 3.05) is 13.9 Å². The highest BCUT2D eigenvalue weighted by Gasteiger charge is 2.32. The van der Waals surface area contributed by atoms with E-state index in [9.17, 15) is 14.7 Å². The Kier molecular flexibility index (Phi) is 6.43. The largest absolute Gasteiger partial charge is 0.497 e. The molecule has 9 heteroatoms. The highest BCUT2D eigenvalue weighted by Crippen LogP contribution is 2.37. The summed E-state index contributed by atoms with van der Waals surface area (Å²) in [5, 5.41) is 11.5. The normalized spacial score (nSPS) is 12.9. The van der Waals surface area contributed by atoms with Gasteiger partial charge in [0.05, 0.1) is 7.11 Å². The van der Waals surface area contributed by atoms with Crippen molar-refractivity contribution in [1.82, 2.24) is 9.88 Å². The van der Waals surface area contributed by atoms with Crippen molar-refractivity contribution in [3.05, 3.63) is 88.6 Å². The fraction of sp³-hybridized carbons (Fsp3) is 0.185. The predicted molar refractivity (Wildman–Crippen MR) is 134 cm³/mol. The second kappa shape index (κ2) is 9.83. The van der Waals surface area contributed by atoms with Crippen LogP contribution < -0.4 is 14.2 Å². The first kappa shape index (κ1) is 23.6. The molecule has 184 valence electrons. The SMILES string of the molecule is COc1ccc(C(=O)N(Cc2cc3c(cc2Cl)OCO3)[C@@H](Cc2c[nH]c3ccccc23)C(=O)O)cc1. The van der Waals surface area contributed by atoms with E-state index in [1.54, 1.807) is 42.6 Å². The number of amides is 1. The van der Waals surface area contributed by atoms with Gasteiger partial charge >= 0.3 is 5.97 Å². The predicted octanol–water partition coefficient (Wildman–Crippen LogP) is 4.90. The molecule has 0 saturated heterocycles. The molecule has 1 amide bonds. The Morgan fingerprint density at radius 1 is 1.08 bits per heavy atom. The van der Waals surface area contributed by atoms with E-state index in [-0.39, 0.29) is 19.8 Å². The summed E-state index contributed by atoms with van der Waals surface area (Å²) >= 11 is 6.50. The van der Waals surface area contributed by atoms with E-state index in [0.717, 1.165) is 16.5 Å². The standard InChI is InChI=1S/C27H23ClN2O6/c1-34-19-8-6-16(7-9-19)26(31)30(14-18-11-24-25(12-21(18)28)36-15-35-24)23(27(32)33)10-17-13-29-22-5-3-2-4-20(17)22/h2-9,11-13,23,29H,10,14-15H2,1H3,(H,32,33)/t23-/m0/s1. The van der Waals surface area contributed by atoms with Crippen LogP contribution in [0.4, 0.5) is 0 Å². The van der Waals surface area contributed by atoms with Crippen LogP contribution in [0.2, 0.25) is 5.02 Å². The maximum absolute atomic E-state index is 13.7. The van der Waals surface area contributed by atoms with Crippen LogP contribution in [0, 0.1) is 0 Å². The van der Waals surface area contributed by atoms with Gasteiger partial charge in [-0.05, 0) is 47.5 Å². The van der Waals surface area contributed by atoms with E-state index in [0.29, 0.717) is 33.4 Å². The minimum absolute atomic E-state index is 0.0420. The summed E-state index contributed by atoms with van der Waals surface area (Å²) in [7, 11) is 1.53. The molecular formula is C27H23ClN2O6. The molecule has 2 N–H and O–H groups in total. The van der Waals surface area contributed by atoms with Crippen molar-refractivity contribution in [3.63, 3.8) is 0 Å². The molecule has 0 aliphatic carbocycles. The molecule has 0 radical (unpaired) electrons.